The summed E-state index contributed by atoms with van der Waals surface area (Å²) in [5, 5.41) is 9.20. The van der Waals surface area contributed by atoms with Crippen LogP contribution in [0.15, 0.2) is 24.3 Å². The molecule has 0 saturated carbocycles. The predicted molar refractivity (Wildman–Crippen MR) is 73.8 cm³/mol. The van der Waals surface area contributed by atoms with Crippen LogP contribution >= 0.6 is 0 Å². The third-order valence-corrected chi connectivity index (χ3v) is 3.92. The lowest BCUT2D eigenvalue weighted by atomic mass is 10.0. The summed E-state index contributed by atoms with van der Waals surface area (Å²) in [6, 6.07) is 4.72. The summed E-state index contributed by atoms with van der Waals surface area (Å²) in [7, 11) is 0. The van der Waals surface area contributed by atoms with E-state index in [9.17, 15) is 23.1 Å². The molecule has 7 heteroatoms. The molecule has 0 aliphatic carbocycles. The van der Waals surface area contributed by atoms with Gasteiger partial charge < -0.3 is 9.84 Å². The largest absolute Gasteiger partial charge is 0.489 e. The number of hydrogen-bond acceptors (Lipinski definition) is 3. The standard InChI is InChI=1S/C15H18F3NO3/c1-14(2,13(20)21)19-7-6-12(9-19)22-11-5-3-4-10(8-11)15(16,17)18/h3-5,8,12H,6-7,9H2,1-2H3,(H,20,21)/t12-/m1/s1. The van der Waals surface area contributed by atoms with Crippen LogP contribution in [0.4, 0.5) is 13.2 Å². The van der Waals surface area contributed by atoms with Gasteiger partial charge in [-0.3, -0.25) is 9.69 Å². The molecule has 1 saturated heterocycles. The number of nitrogens with zero attached hydrogens (tertiary/aromatic N) is 1. The van der Waals surface area contributed by atoms with E-state index >= 15 is 0 Å². The van der Waals surface area contributed by atoms with E-state index in [-0.39, 0.29) is 11.9 Å². The highest BCUT2D eigenvalue weighted by Crippen LogP contribution is 2.32. The van der Waals surface area contributed by atoms with Gasteiger partial charge in [0.1, 0.15) is 17.4 Å². The Hall–Kier alpha value is -1.76. The van der Waals surface area contributed by atoms with Crippen LogP contribution in [-0.4, -0.2) is 40.7 Å². The number of aliphatic carboxylic acids is 1. The number of likely N-dealkylation sites (tertiary alicyclic amines) is 1. The van der Waals surface area contributed by atoms with E-state index in [1.54, 1.807) is 18.7 Å². The van der Waals surface area contributed by atoms with Gasteiger partial charge in [0.2, 0.25) is 0 Å². The monoisotopic (exact) mass is 317 g/mol. The van der Waals surface area contributed by atoms with Gasteiger partial charge in [0.15, 0.2) is 0 Å². The van der Waals surface area contributed by atoms with Crippen LogP contribution in [0.1, 0.15) is 25.8 Å². The second-order valence-electron chi connectivity index (χ2n) is 5.86. The zero-order valence-corrected chi connectivity index (χ0v) is 12.4. The van der Waals surface area contributed by atoms with Crippen molar-refractivity contribution in [2.24, 2.45) is 0 Å². The molecule has 0 radical (unpaired) electrons. The topological polar surface area (TPSA) is 49.8 Å². The zero-order chi connectivity index (χ0) is 16.5. The fourth-order valence-electron chi connectivity index (χ4n) is 2.41. The number of rotatable bonds is 4. The normalized spacial score (nSPS) is 20.1. The maximum Gasteiger partial charge on any atom is 0.416 e. The van der Waals surface area contributed by atoms with Gasteiger partial charge >= 0.3 is 12.1 Å². The van der Waals surface area contributed by atoms with E-state index in [0.29, 0.717) is 19.5 Å². The Morgan fingerprint density at radius 3 is 2.64 bits per heavy atom. The van der Waals surface area contributed by atoms with Gasteiger partial charge in [-0.1, -0.05) is 6.07 Å². The number of halogens is 3. The summed E-state index contributed by atoms with van der Waals surface area (Å²) in [6.45, 7) is 4.10. The Bertz CT molecular complexity index is 557. The van der Waals surface area contributed by atoms with Crippen molar-refractivity contribution >= 4 is 5.97 Å². The number of ether oxygens (including phenoxy) is 1. The molecule has 1 aliphatic heterocycles. The van der Waals surface area contributed by atoms with E-state index in [2.05, 4.69) is 0 Å². The van der Waals surface area contributed by atoms with Gasteiger partial charge in [0.25, 0.3) is 0 Å². The van der Waals surface area contributed by atoms with Crippen molar-refractivity contribution in [3.05, 3.63) is 29.8 Å². The average molecular weight is 317 g/mol. The van der Waals surface area contributed by atoms with Gasteiger partial charge in [-0.25, -0.2) is 0 Å². The summed E-state index contributed by atoms with van der Waals surface area (Å²) < 4.78 is 43.6. The van der Waals surface area contributed by atoms with Gasteiger partial charge in [-0.2, -0.15) is 13.2 Å². The van der Waals surface area contributed by atoms with Crippen LogP contribution in [0.2, 0.25) is 0 Å². The molecule has 1 fully saturated rings. The summed E-state index contributed by atoms with van der Waals surface area (Å²) in [6.07, 6.45) is -4.15. The minimum atomic E-state index is -4.41. The summed E-state index contributed by atoms with van der Waals surface area (Å²) in [4.78, 5) is 13.0. The molecule has 0 bridgehead atoms. The lowest BCUT2D eigenvalue weighted by molar-refractivity contribution is -0.148. The zero-order valence-electron chi connectivity index (χ0n) is 12.4. The predicted octanol–water partition coefficient (Wildman–Crippen LogP) is 3.02. The first-order valence-corrected chi connectivity index (χ1v) is 6.93. The molecule has 0 aromatic heterocycles. The van der Waals surface area contributed by atoms with E-state index in [1.807, 2.05) is 0 Å². The molecule has 1 N–H and O–H groups in total. The van der Waals surface area contributed by atoms with Crippen molar-refractivity contribution in [1.29, 1.82) is 0 Å². The van der Waals surface area contributed by atoms with E-state index < -0.39 is 23.2 Å². The lowest BCUT2D eigenvalue weighted by Crippen LogP contribution is -2.49. The summed E-state index contributed by atoms with van der Waals surface area (Å²) in [5.41, 5.74) is -1.78. The highest BCUT2D eigenvalue weighted by Gasteiger charge is 2.39. The van der Waals surface area contributed by atoms with Crippen LogP contribution < -0.4 is 4.74 Å². The SMILES string of the molecule is CC(C)(C(=O)O)N1CC[C@@H](Oc2cccc(C(F)(F)F)c2)C1. The third kappa shape index (κ3) is 3.52. The molecule has 22 heavy (non-hydrogen) atoms. The highest BCUT2D eigenvalue weighted by molar-refractivity contribution is 5.77. The van der Waals surface area contributed by atoms with Crippen LogP contribution in [-0.2, 0) is 11.0 Å². The molecule has 1 atom stereocenters. The molecule has 0 amide bonds. The Morgan fingerprint density at radius 2 is 2.05 bits per heavy atom. The summed E-state index contributed by atoms with van der Waals surface area (Å²) >= 11 is 0. The molecule has 1 aromatic rings. The summed E-state index contributed by atoms with van der Waals surface area (Å²) in [5.74, 6) is -0.790. The van der Waals surface area contributed by atoms with Crippen molar-refractivity contribution in [3.63, 3.8) is 0 Å². The molecule has 0 unspecified atom stereocenters. The second-order valence-corrected chi connectivity index (χ2v) is 5.86. The Balaban J connectivity index is 2.03. The Kier molecular flexibility index (Phi) is 4.37. The molecule has 2 rings (SSSR count). The number of alkyl halides is 3. The lowest BCUT2D eigenvalue weighted by Gasteiger charge is -2.31. The third-order valence-electron chi connectivity index (χ3n) is 3.92. The number of benzene rings is 1. The highest BCUT2D eigenvalue weighted by atomic mass is 19.4. The first-order valence-electron chi connectivity index (χ1n) is 6.93. The van der Waals surface area contributed by atoms with Crippen molar-refractivity contribution in [1.82, 2.24) is 4.90 Å². The van der Waals surface area contributed by atoms with Gasteiger partial charge in [0, 0.05) is 13.1 Å². The van der Waals surface area contributed by atoms with E-state index in [4.69, 9.17) is 4.74 Å². The fourth-order valence-corrected chi connectivity index (χ4v) is 2.41. The Morgan fingerprint density at radius 1 is 1.36 bits per heavy atom. The molecule has 1 heterocycles. The molecule has 1 aliphatic rings. The van der Waals surface area contributed by atoms with Crippen molar-refractivity contribution in [3.8, 4) is 5.75 Å². The number of carboxylic acid groups (broad SMARTS) is 1. The number of carbonyl (C=O) groups is 1. The van der Waals surface area contributed by atoms with Crippen molar-refractivity contribution in [2.45, 2.75) is 38.1 Å². The minimum Gasteiger partial charge on any atom is -0.489 e. The van der Waals surface area contributed by atoms with E-state index in [1.165, 1.54) is 12.1 Å². The van der Waals surface area contributed by atoms with Crippen LogP contribution in [0.25, 0.3) is 0 Å². The second kappa shape index (κ2) is 5.79. The first kappa shape index (κ1) is 16.6. The number of carboxylic acids is 1. The van der Waals surface area contributed by atoms with Crippen molar-refractivity contribution < 1.29 is 27.8 Å². The minimum absolute atomic E-state index is 0.148. The van der Waals surface area contributed by atoms with Gasteiger partial charge in [-0.15, -0.1) is 0 Å². The molecule has 122 valence electrons. The van der Waals surface area contributed by atoms with E-state index in [0.717, 1.165) is 12.1 Å². The fraction of sp³-hybridized carbons (Fsp3) is 0.533. The maximum atomic E-state index is 12.7. The van der Waals surface area contributed by atoms with Gasteiger partial charge in [-0.05, 0) is 38.5 Å². The van der Waals surface area contributed by atoms with Crippen LogP contribution in [0.3, 0.4) is 0 Å². The molecule has 4 nitrogen and oxygen atoms in total. The van der Waals surface area contributed by atoms with Gasteiger partial charge in [0.05, 0.1) is 5.56 Å². The molecular weight excluding hydrogens is 299 g/mol. The van der Waals surface area contributed by atoms with Crippen LogP contribution in [0, 0.1) is 0 Å². The van der Waals surface area contributed by atoms with Crippen LogP contribution in [0.5, 0.6) is 5.75 Å². The quantitative estimate of drug-likeness (QED) is 0.927. The molecule has 0 spiro atoms. The Labute approximate surface area is 126 Å². The maximum absolute atomic E-state index is 12.7. The molecular formula is C15H18F3NO3. The van der Waals surface area contributed by atoms with Crippen molar-refractivity contribution in [2.75, 3.05) is 13.1 Å². The molecule has 1 aromatic carbocycles. The smallest absolute Gasteiger partial charge is 0.416 e. The first-order chi connectivity index (χ1) is 10.1. The number of hydrogen-bond donors (Lipinski definition) is 1. The average Bonchev–Trinajstić information content (AvgIpc) is 2.87.